The van der Waals surface area contributed by atoms with Crippen LogP contribution in [0.1, 0.15) is 35.2 Å². The molecule has 0 spiro atoms. The van der Waals surface area contributed by atoms with Crippen LogP contribution in [0.15, 0.2) is 20.3 Å². The summed E-state index contributed by atoms with van der Waals surface area (Å²) < 4.78 is 4.93. The van der Waals surface area contributed by atoms with Crippen LogP contribution >= 0.6 is 34.3 Å². The first kappa shape index (κ1) is 18.8. The lowest BCUT2D eigenvalue weighted by atomic mass is 9.96. The molecule has 0 N–H and O–H groups in total. The monoisotopic (exact) mass is 447 g/mol. The summed E-state index contributed by atoms with van der Waals surface area (Å²) in [4.78, 5) is 35.2. The smallest absolute Gasteiger partial charge is 0.331 e. The quantitative estimate of drug-likeness (QED) is 0.471. The minimum atomic E-state index is -0.334. The molecule has 0 aliphatic carbocycles. The SMILES string of the molecule is Cc1csc(-c2c3c(=O)n(C)c(=O)n(C)c3c3n2CCC[C@H]3c2nc(Cl)cs2)n1. The van der Waals surface area contributed by atoms with Gasteiger partial charge in [-0.2, -0.15) is 0 Å². The molecule has 0 saturated heterocycles. The van der Waals surface area contributed by atoms with Gasteiger partial charge >= 0.3 is 5.69 Å². The molecule has 29 heavy (non-hydrogen) atoms. The van der Waals surface area contributed by atoms with Crippen molar-refractivity contribution in [3.63, 3.8) is 0 Å². The highest BCUT2D eigenvalue weighted by atomic mass is 35.5. The van der Waals surface area contributed by atoms with Gasteiger partial charge in [0, 0.05) is 37.1 Å². The average Bonchev–Trinajstić information content (AvgIpc) is 3.41. The Labute approximate surface area is 178 Å². The van der Waals surface area contributed by atoms with Crippen LogP contribution in [0.5, 0.6) is 0 Å². The molecule has 0 saturated carbocycles. The molecule has 7 nitrogen and oxygen atoms in total. The van der Waals surface area contributed by atoms with E-state index in [2.05, 4.69) is 14.5 Å². The maximum Gasteiger partial charge on any atom is 0.331 e. The summed E-state index contributed by atoms with van der Waals surface area (Å²) in [6.45, 7) is 2.71. The van der Waals surface area contributed by atoms with Crippen LogP contribution in [0, 0.1) is 6.92 Å². The number of halogens is 1. The van der Waals surface area contributed by atoms with E-state index in [1.165, 1.54) is 34.3 Å². The largest absolute Gasteiger partial charge is 0.339 e. The van der Waals surface area contributed by atoms with E-state index in [9.17, 15) is 9.59 Å². The molecule has 5 rings (SSSR count). The second-order valence-corrected chi connectivity index (χ2v) is 9.45. The summed E-state index contributed by atoms with van der Waals surface area (Å²) in [5.41, 5.74) is 2.73. The van der Waals surface area contributed by atoms with Crippen molar-refractivity contribution in [2.24, 2.45) is 14.1 Å². The highest BCUT2D eigenvalue weighted by Crippen LogP contribution is 2.44. The molecular formula is C19H18ClN5O2S2. The second-order valence-electron chi connectivity index (χ2n) is 7.31. The van der Waals surface area contributed by atoms with E-state index in [1.54, 1.807) is 11.6 Å². The number of aryl methyl sites for hydroxylation is 2. The van der Waals surface area contributed by atoms with Crippen LogP contribution in [-0.4, -0.2) is 23.7 Å². The summed E-state index contributed by atoms with van der Waals surface area (Å²) in [6.07, 6.45) is 1.84. The van der Waals surface area contributed by atoms with Gasteiger partial charge in [0.1, 0.15) is 15.2 Å². The van der Waals surface area contributed by atoms with Crippen molar-refractivity contribution in [3.8, 4) is 10.7 Å². The molecule has 1 atom stereocenters. The molecule has 0 unspecified atom stereocenters. The third-order valence-corrected chi connectivity index (χ3v) is 7.77. The number of nitrogens with zero attached hydrogens (tertiary/aromatic N) is 5. The van der Waals surface area contributed by atoms with E-state index < -0.39 is 0 Å². The normalized spacial score (nSPS) is 16.5. The molecule has 0 aromatic carbocycles. The molecule has 0 bridgehead atoms. The number of rotatable bonds is 2. The molecule has 1 aliphatic heterocycles. The fraction of sp³-hybridized carbons (Fsp3) is 0.368. The average molecular weight is 448 g/mol. The van der Waals surface area contributed by atoms with Crippen molar-refractivity contribution >= 4 is 45.2 Å². The lowest BCUT2D eigenvalue weighted by Gasteiger charge is -2.25. The zero-order valence-electron chi connectivity index (χ0n) is 16.1. The van der Waals surface area contributed by atoms with Gasteiger partial charge in [-0.1, -0.05) is 11.6 Å². The van der Waals surface area contributed by atoms with Crippen LogP contribution < -0.4 is 11.2 Å². The third-order valence-electron chi connectivity index (χ3n) is 5.52. The standard InChI is InChI=1S/C19H18ClN5O2S2/c1-9-7-28-17(21-9)15-12-14(23(2)19(27)24(3)18(12)26)13-10(5-4-6-25(13)15)16-22-11(20)8-29-16/h7-8,10H,4-6H2,1-3H3/t10-/m1/s1. The van der Waals surface area contributed by atoms with E-state index in [1.807, 2.05) is 17.7 Å². The lowest BCUT2D eigenvalue weighted by molar-refractivity contribution is 0.495. The van der Waals surface area contributed by atoms with E-state index in [4.69, 9.17) is 11.6 Å². The second kappa shape index (κ2) is 6.65. The zero-order chi connectivity index (χ0) is 20.4. The summed E-state index contributed by atoms with van der Waals surface area (Å²) in [5.74, 6) is -0.0173. The van der Waals surface area contributed by atoms with Crippen molar-refractivity contribution in [2.75, 3.05) is 0 Å². The third kappa shape index (κ3) is 2.68. The first-order valence-corrected chi connectivity index (χ1v) is 11.4. The number of aromatic nitrogens is 5. The molecule has 0 amide bonds. The molecule has 4 aromatic heterocycles. The summed E-state index contributed by atoms with van der Waals surface area (Å²) in [5, 5.41) is 6.53. The van der Waals surface area contributed by atoms with Gasteiger partial charge in [0.15, 0.2) is 0 Å². The lowest BCUT2D eigenvalue weighted by Crippen LogP contribution is -2.37. The molecule has 4 aromatic rings. The van der Waals surface area contributed by atoms with Gasteiger partial charge < -0.3 is 4.57 Å². The fourth-order valence-corrected chi connectivity index (χ4v) is 6.21. The van der Waals surface area contributed by atoms with E-state index in [-0.39, 0.29) is 17.2 Å². The minimum Gasteiger partial charge on any atom is -0.339 e. The van der Waals surface area contributed by atoms with Gasteiger partial charge in [-0.3, -0.25) is 13.9 Å². The Hall–Kier alpha value is -2.23. The van der Waals surface area contributed by atoms with Crippen molar-refractivity contribution in [3.05, 3.63) is 53.1 Å². The molecule has 1 aliphatic rings. The fourth-order valence-electron chi connectivity index (χ4n) is 4.27. The predicted molar refractivity (Wildman–Crippen MR) is 116 cm³/mol. The Morgan fingerprint density at radius 2 is 1.93 bits per heavy atom. The molecule has 10 heteroatoms. The van der Waals surface area contributed by atoms with Crippen molar-refractivity contribution in [2.45, 2.75) is 32.2 Å². The zero-order valence-corrected chi connectivity index (χ0v) is 18.5. The number of hydrogen-bond donors (Lipinski definition) is 0. The predicted octanol–water partition coefficient (Wildman–Crippen LogP) is 3.51. The number of hydrogen-bond acceptors (Lipinski definition) is 6. The van der Waals surface area contributed by atoms with Gasteiger partial charge in [-0.15, -0.1) is 22.7 Å². The Bertz CT molecular complexity index is 1390. The van der Waals surface area contributed by atoms with Gasteiger partial charge in [0.05, 0.1) is 28.2 Å². The highest BCUT2D eigenvalue weighted by molar-refractivity contribution is 7.13. The molecular weight excluding hydrogens is 430 g/mol. The first-order chi connectivity index (χ1) is 13.9. The van der Waals surface area contributed by atoms with Crippen molar-refractivity contribution < 1.29 is 0 Å². The Morgan fingerprint density at radius 1 is 1.14 bits per heavy atom. The minimum absolute atomic E-state index is 0.0173. The molecule has 0 radical (unpaired) electrons. The van der Waals surface area contributed by atoms with Gasteiger partial charge in [0.25, 0.3) is 5.56 Å². The molecule has 0 fully saturated rings. The number of thiazole rings is 2. The van der Waals surface area contributed by atoms with Crippen LogP contribution in [-0.2, 0) is 20.6 Å². The van der Waals surface area contributed by atoms with Crippen LogP contribution in [0.3, 0.4) is 0 Å². The van der Waals surface area contributed by atoms with Crippen molar-refractivity contribution in [1.82, 2.24) is 23.7 Å². The maximum atomic E-state index is 13.2. The van der Waals surface area contributed by atoms with Crippen LogP contribution in [0.25, 0.3) is 21.6 Å². The molecule has 150 valence electrons. The maximum absolute atomic E-state index is 13.2. The van der Waals surface area contributed by atoms with E-state index in [0.717, 1.165) is 46.5 Å². The van der Waals surface area contributed by atoms with E-state index in [0.29, 0.717) is 16.1 Å². The van der Waals surface area contributed by atoms with Gasteiger partial charge in [-0.05, 0) is 19.8 Å². The highest BCUT2D eigenvalue weighted by Gasteiger charge is 2.34. The summed E-state index contributed by atoms with van der Waals surface area (Å²) in [6, 6.07) is 0. The molecule has 5 heterocycles. The summed E-state index contributed by atoms with van der Waals surface area (Å²) >= 11 is 9.14. The Morgan fingerprint density at radius 3 is 2.59 bits per heavy atom. The topological polar surface area (TPSA) is 74.7 Å². The van der Waals surface area contributed by atoms with Gasteiger partial charge in [0.2, 0.25) is 0 Å². The Balaban J connectivity index is 1.96. The summed E-state index contributed by atoms with van der Waals surface area (Å²) in [7, 11) is 3.25. The van der Waals surface area contributed by atoms with E-state index >= 15 is 0 Å². The number of fused-ring (bicyclic) bond motifs is 3. The van der Waals surface area contributed by atoms with Crippen LogP contribution in [0.4, 0.5) is 0 Å². The van der Waals surface area contributed by atoms with Crippen LogP contribution in [0.2, 0.25) is 5.15 Å². The van der Waals surface area contributed by atoms with Gasteiger partial charge in [-0.25, -0.2) is 14.8 Å². The Kier molecular flexibility index (Phi) is 4.30. The first-order valence-electron chi connectivity index (χ1n) is 9.24. The van der Waals surface area contributed by atoms with Crippen molar-refractivity contribution in [1.29, 1.82) is 0 Å².